The minimum absolute atomic E-state index is 0.854. The molecule has 0 fully saturated rings. The van der Waals surface area contributed by atoms with E-state index in [1.54, 1.807) is 4.80 Å². The number of hydrogen-bond acceptors (Lipinski definition) is 6. The summed E-state index contributed by atoms with van der Waals surface area (Å²) in [5.41, 5.74) is 9.55. The molecular weight excluding hydrogens is 615 g/mol. The summed E-state index contributed by atoms with van der Waals surface area (Å²) >= 11 is 3.63. The molecule has 2 aliphatic heterocycles. The Balaban J connectivity index is 1.10. The van der Waals surface area contributed by atoms with Crippen LogP contribution in [0.3, 0.4) is 0 Å². The van der Waals surface area contributed by atoms with E-state index in [0.29, 0.717) is 0 Å². The third-order valence-corrected chi connectivity index (χ3v) is 11.1. The van der Waals surface area contributed by atoms with Crippen molar-refractivity contribution in [2.75, 3.05) is 9.80 Å². The van der Waals surface area contributed by atoms with Gasteiger partial charge in [-0.2, -0.15) is 4.80 Å². The van der Waals surface area contributed by atoms with Crippen LogP contribution in [0.25, 0.3) is 27.5 Å². The first kappa shape index (κ1) is 26.7. The molecule has 0 bridgehead atoms. The van der Waals surface area contributed by atoms with E-state index < -0.39 is 0 Å². The summed E-state index contributed by atoms with van der Waals surface area (Å²) in [6.45, 7) is 0. The average molecular weight is 640 g/mol. The SMILES string of the molecule is c1ccc2c(c1)Sc1ccccc1N2c1ccc(-n2nc3cc(N4c5ccccc5Sc5ccccc54)c4ccccc4c3n2)cc1. The van der Waals surface area contributed by atoms with Gasteiger partial charge in [0, 0.05) is 36.0 Å². The van der Waals surface area contributed by atoms with Crippen LogP contribution in [0.4, 0.5) is 34.1 Å². The van der Waals surface area contributed by atoms with Gasteiger partial charge >= 0.3 is 0 Å². The van der Waals surface area contributed by atoms with E-state index in [4.69, 9.17) is 10.2 Å². The van der Waals surface area contributed by atoms with E-state index in [1.165, 1.54) is 42.3 Å². The van der Waals surface area contributed by atoms with Crippen molar-refractivity contribution in [3.05, 3.63) is 152 Å². The second-order valence-electron chi connectivity index (χ2n) is 11.6. The number of hydrogen-bond donors (Lipinski definition) is 0. The summed E-state index contributed by atoms with van der Waals surface area (Å²) in [4.78, 5) is 11.4. The maximum absolute atomic E-state index is 5.07. The van der Waals surface area contributed by atoms with Gasteiger partial charge in [-0.05, 0) is 78.9 Å². The van der Waals surface area contributed by atoms with Crippen LogP contribution >= 0.6 is 23.5 Å². The molecule has 8 aromatic rings. The molecule has 7 heteroatoms. The highest BCUT2D eigenvalue weighted by atomic mass is 32.2. The molecule has 0 saturated carbocycles. The van der Waals surface area contributed by atoms with Crippen molar-refractivity contribution < 1.29 is 0 Å². The molecule has 3 heterocycles. The molecule has 0 radical (unpaired) electrons. The van der Waals surface area contributed by atoms with Crippen LogP contribution in [0, 0.1) is 0 Å². The van der Waals surface area contributed by atoms with Gasteiger partial charge in [0.2, 0.25) is 0 Å². The van der Waals surface area contributed by atoms with Crippen LogP contribution < -0.4 is 9.80 Å². The lowest BCUT2D eigenvalue weighted by molar-refractivity contribution is 0.766. The highest BCUT2D eigenvalue weighted by Crippen LogP contribution is 2.53. The van der Waals surface area contributed by atoms with E-state index in [2.05, 4.69) is 161 Å². The third kappa shape index (κ3) is 4.20. The standard InChI is InChI=1S/C40H25N5S2/c1-2-12-29-28(11-1)35(44-33-15-5-9-19-38(33)47-39-20-10-6-16-34(39)44)25-30-40(29)42-45(41-30)27-23-21-26(22-24-27)43-31-13-3-7-17-36(31)46-37-18-8-4-14-32(37)43/h1-25H. The van der Waals surface area contributed by atoms with Crippen molar-refractivity contribution in [1.82, 2.24) is 15.0 Å². The molecule has 0 atom stereocenters. The molecule has 10 rings (SSSR count). The molecule has 7 aromatic carbocycles. The smallest absolute Gasteiger partial charge is 0.121 e. The van der Waals surface area contributed by atoms with E-state index >= 15 is 0 Å². The second-order valence-corrected chi connectivity index (χ2v) is 13.7. The summed E-state index contributed by atoms with van der Waals surface area (Å²) in [6, 6.07) is 53.7. The van der Waals surface area contributed by atoms with E-state index in [9.17, 15) is 0 Å². The first-order valence-corrected chi connectivity index (χ1v) is 17.1. The van der Waals surface area contributed by atoms with Gasteiger partial charge in [0.15, 0.2) is 0 Å². The molecule has 0 aliphatic carbocycles. The molecule has 0 spiro atoms. The average Bonchev–Trinajstić information content (AvgIpc) is 3.57. The Kier molecular flexibility index (Phi) is 5.97. The van der Waals surface area contributed by atoms with Crippen molar-refractivity contribution in [3.8, 4) is 5.69 Å². The lowest BCUT2D eigenvalue weighted by atomic mass is 10.0. The maximum Gasteiger partial charge on any atom is 0.121 e. The number of para-hydroxylation sites is 4. The topological polar surface area (TPSA) is 37.2 Å². The Morgan fingerprint density at radius 2 is 0.830 bits per heavy atom. The zero-order valence-electron chi connectivity index (χ0n) is 25.0. The Morgan fingerprint density at radius 3 is 1.38 bits per heavy atom. The highest BCUT2D eigenvalue weighted by molar-refractivity contribution is 8.00. The molecule has 2 aliphatic rings. The number of fused-ring (bicyclic) bond motifs is 7. The van der Waals surface area contributed by atoms with Crippen LogP contribution in [0.2, 0.25) is 0 Å². The van der Waals surface area contributed by atoms with Gasteiger partial charge in [-0.25, -0.2) is 0 Å². The number of rotatable bonds is 3. The van der Waals surface area contributed by atoms with E-state index in [1.807, 2.05) is 23.5 Å². The highest BCUT2D eigenvalue weighted by Gasteiger charge is 2.27. The molecule has 1 aromatic heterocycles. The lowest BCUT2D eigenvalue weighted by Gasteiger charge is -2.33. The minimum atomic E-state index is 0.854. The van der Waals surface area contributed by atoms with Gasteiger partial charge in [-0.1, -0.05) is 96.3 Å². The van der Waals surface area contributed by atoms with Crippen LogP contribution in [0.15, 0.2) is 171 Å². The normalized spacial score (nSPS) is 13.3. The molecule has 0 saturated heterocycles. The van der Waals surface area contributed by atoms with Crippen molar-refractivity contribution >= 4 is 79.5 Å². The molecule has 0 amide bonds. The Labute approximate surface area is 280 Å². The van der Waals surface area contributed by atoms with Crippen molar-refractivity contribution in [1.29, 1.82) is 0 Å². The fourth-order valence-electron chi connectivity index (χ4n) is 6.71. The van der Waals surface area contributed by atoms with Gasteiger partial charge in [-0.3, -0.25) is 0 Å². The molecule has 47 heavy (non-hydrogen) atoms. The maximum atomic E-state index is 5.07. The van der Waals surface area contributed by atoms with Gasteiger partial charge in [0.1, 0.15) is 11.0 Å². The lowest BCUT2D eigenvalue weighted by Crippen LogP contribution is -2.15. The largest absolute Gasteiger partial charge is 0.308 e. The van der Waals surface area contributed by atoms with Crippen molar-refractivity contribution in [2.24, 2.45) is 0 Å². The van der Waals surface area contributed by atoms with Gasteiger partial charge in [-0.15, -0.1) is 10.2 Å². The van der Waals surface area contributed by atoms with Crippen molar-refractivity contribution in [3.63, 3.8) is 0 Å². The Morgan fingerprint density at radius 1 is 0.383 bits per heavy atom. The van der Waals surface area contributed by atoms with Gasteiger partial charge < -0.3 is 9.80 Å². The zero-order valence-corrected chi connectivity index (χ0v) is 26.6. The summed E-state index contributed by atoms with van der Waals surface area (Å²) in [5, 5.41) is 12.4. The second kappa shape index (κ2) is 10.5. The molecule has 0 N–H and O–H groups in total. The Bertz CT molecular complexity index is 2410. The fraction of sp³-hybridized carbons (Fsp3) is 0. The quantitative estimate of drug-likeness (QED) is 0.191. The monoisotopic (exact) mass is 639 g/mol. The van der Waals surface area contributed by atoms with Crippen molar-refractivity contribution in [2.45, 2.75) is 19.6 Å². The molecule has 222 valence electrons. The number of aromatic nitrogens is 3. The number of nitrogens with zero attached hydrogens (tertiary/aromatic N) is 5. The summed E-state index contributed by atoms with van der Waals surface area (Å²) < 4.78 is 0. The van der Waals surface area contributed by atoms with E-state index in [-0.39, 0.29) is 0 Å². The van der Waals surface area contributed by atoms with Crippen LogP contribution in [0.1, 0.15) is 0 Å². The minimum Gasteiger partial charge on any atom is -0.308 e. The molecular formula is C40H25N5S2. The predicted molar refractivity (Wildman–Crippen MR) is 194 cm³/mol. The van der Waals surface area contributed by atoms with Crippen LogP contribution in [0.5, 0.6) is 0 Å². The molecule has 5 nitrogen and oxygen atoms in total. The first-order chi connectivity index (χ1) is 23.3. The number of anilines is 6. The van der Waals surface area contributed by atoms with Crippen LogP contribution in [-0.2, 0) is 0 Å². The van der Waals surface area contributed by atoms with E-state index in [0.717, 1.165) is 38.9 Å². The van der Waals surface area contributed by atoms with Crippen LogP contribution in [-0.4, -0.2) is 15.0 Å². The number of benzene rings is 7. The first-order valence-electron chi connectivity index (χ1n) is 15.5. The predicted octanol–water partition coefficient (Wildman–Crippen LogP) is 11.4. The summed E-state index contributed by atoms with van der Waals surface area (Å²) in [5.74, 6) is 0. The summed E-state index contributed by atoms with van der Waals surface area (Å²) in [7, 11) is 0. The Hall–Kier alpha value is -5.50. The van der Waals surface area contributed by atoms with Gasteiger partial charge in [0.25, 0.3) is 0 Å². The summed E-state index contributed by atoms with van der Waals surface area (Å²) in [6.07, 6.45) is 0. The molecule has 0 unspecified atom stereocenters. The van der Waals surface area contributed by atoms with Gasteiger partial charge in [0.05, 0.1) is 34.1 Å². The fourth-order valence-corrected chi connectivity index (χ4v) is 8.83. The third-order valence-electron chi connectivity index (χ3n) is 8.82. The zero-order chi connectivity index (χ0) is 30.9.